The van der Waals surface area contributed by atoms with Gasteiger partial charge in [-0.05, 0) is 19.3 Å². The Hall–Kier alpha value is -1.67. The molecule has 3 rings (SSSR count). The quantitative estimate of drug-likeness (QED) is 0.905. The lowest BCUT2D eigenvalue weighted by molar-refractivity contribution is 0.413. The number of hydrogen-bond donors (Lipinski definition) is 1. The van der Waals surface area contributed by atoms with Crippen LogP contribution in [-0.2, 0) is 29.2 Å². The van der Waals surface area contributed by atoms with Crippen molar-refractivity contribution in [2.45, 2.75) is 31.1 Å². The van der Waals surface area contributed by atoms with E-state index in [2.05, 4.69) is 19.5 Å². The van der Waals surface area contributed by atoms with Crippen molar-refractivity contribution in [1.82, 2.24) is 19.7 Å². The molecule has 7 nitrogen and oxygen atoms in total. The molecule has 2 aromatic rings. The first-order valence-electron chi connectivity index (χ1n) is 6.45. The van der Waals surface area contributed by atoms with Crippen molar-refractivity contribution >= 4 is 10.0 Å². The molecular formula is C12H16N4O3S. The van der Waals surface area contributed by atoms with Gasteiger partial charge in [0.15, 0.2) is 0 Å². The molecule has 0 spiro atoms. The monoisotopic (exact) mass is 296 g/mol. The molecule has 0 bridgehead atoms. The zero-order valence-electron chi connectivity index (χ0n) is 11.1. The minimum Gasteiger partial charge on any atom is -0.364 e. The zero-order chi connectivity index (χ0) is 14.2. The number of aryl methyl sites for hydroxylation is 2. The largest absolute Gasteiger partial charge is 0.364 e. The topological polar surface area (TPSA) is 90.0 Å². The summed E-state index contributed by atoms with van der Waals surface area (Å²) in [5.74, 6) is -0.171. The third-order valence-electron chi connectivity index (χ3n) is 3.37. The highest BCUT2D eigenvalue weighted by molar-refractivity contribution is 7.88. The van der Waals surface area contributed by atoms with Crippen LogP contribution >= 0.6 is 0 Å². The first kappa shape index (κ1) is 13.3. The third kappa shape index (κ3) is 2.75. The summed E-state index contributed by atoms with van der Waals surface area (Å²) in [5, 5.41) is 7.99. The fraction of sp³-hybridized carbons (Fsp3) is 0.500. The molecule has 0 aromatic carbocycles. The second kappa shape index (κ2) is 5.02. The first-order valence-corrected chi connectivity index (χ1v) is 8.10. The molecule has 108 valence electrons. The van der Waals surface area contributed by atoms with E-state index in [4.69, 9.17) is 0 Å². The Morgan fingerprint density at radius 3 is 3.15 bits per heavy atom. The molecule has 1 aliphatic rings. The van der Waals surface area contributed by atoms with Crippen molar-refractivity contribution in [2.75, 3.05) is 0 Å². The molecule has 0 aliphatic heterocycles. The second-order valence-corrected chi connectivity index (χ2v) is 6.77. The van der Waals surface area contributed by atoms with Crippen LogP contribution < -0.4 is 4.72 Å². The van der Waals surface area contributed by atoms with Crippen LogP contribution in [0.3, 0.4) is 0 Å². The number of sulfonamides is 1. The van der Waals surface area contributed by atoms with Crippen molar-refractivity contribution in [1.29, 1.82) is 0 Å². The average molecular weight is 296 g/mol. The van der Waals surface area contributed by atoms with Crippen LogP contribution in [0.1, 0.15) is 35.8 Å². The maximum atomic E-state index is 12.2. The third-order valence-corrected chi connectivity index (χ3v) is 4.69. The normalized spacial score (nSPS) is 18.9. The molecule has 1 aliphatic carbocycles. The molecule has 0 saturated carbocycles. The van der Waals surface area contributed by atoms with Crippen LogP contribution in [0.25, 0.3) is 0 Å². The van der Waals surface area contributed by atoms with E-state index in [0.717, 1.165) is 30.5 Å². The number of rotatable bonds is 4. The molecule has 2 heterocycles. The van der Waals surface area contributed by atoms with Crippen LogP contribution in [-0.4, -0.2) is 23.4 Å². The van der Waals surface area contributed by atoms with E-state index in [0.29, 0.717) is 5.69 Å². The maximum Gasteiger partial charge on any atom is 0.218 e. The van der Waals surface area contributed by atoms with Gasteiger partial charge in [-0.3, -0.25) is 4.68 Å². The maximum absolute atomic E-state index is 12.2. The predicted octanol–water partition coefficient (Wildman–Crippen LogP) is 0.905. The highest BCUT2D eigenvalue weighted by Crippen LogP contribution is 2.29. The summed E-state index contributed by atoms with van der Waals surface area (Å²) in [6, 6.07) is 1.35. The number of fused-ring (bicyclic) bond motifs is 1. The fourth-order valence-electron chi connectivity index (χ4n) is 2.55. The van der Waals surface area contributed by atoms with E-state index >= 15 is 0 Å². The van der Waals surface area contributed by atoms with Crippen LogP contribution in [0.15, 0.2) is 23.0 Å². The van der Waals surface area contributed by atoms with Crippen molar-refractivity contribution in [3.8, 4) is 0 Å². The lowest BCUT2D eigenvalue weighted by Crippen LogP contribution is -2.31. The van der Waals surface area contributed by atoms with Gasteiger partial charge < -0.3 is 4.52 Å². The molecule has 0 radical (unpaired) electrons. The minimum atomic E-state index is -3.45. The summed E-state index contributed by atoms with van der Waals surface area (Å²) >= 11 is 0. The highest BCUT2D eigenvalue weighted by atomic mass is 32.2. The number of hydrogen-bond acceptors (Lipinski definition) is 5. The highest BCUT2D eigenvalue weighted by Gasteiger charge is 2.27. The summed E-state index contributed by atoms with van der Waals surface area (Å²) < 4.78 is 33.5. The molecule has 8 heteroatoms. The Kier molecular flexibility index (Phi) is 3.35. The zero-order valence-corrected chi connectivity index (χ0v) is 11.9. The number of aromatic nitrogens is 3. The van der Waals surface area contributed by atoms with Gasteiger partial charge in [0.2, 0.25) is 10.0 Å². The summed E-state index contributed by atoms with van der Waals surface area (Å²) in [5.41, 5.74) is 2.36. The second-order valence-electron chi connectivity index (χ2n) is 5.02. The summed E-state index contributed by atoms with van der Waals surface area (Å²) in [6.45, 7) is 0. The van der Waals surface area contributed by atoms with Gasteiger partial charge in [-0.2, -0.15) is 5.10 Å². The van der Waals surface area contributed by atoms with Crippen LogP contribution in [0, 0.1) is 0 Å². The molecule has 2 aromatic heterocycles. The SMILES string of the molecule is Cn1cc2c(n1)CCCC2NS(=O)(=O)Cc1ccon1. The van der Waals surface area contributed by atoms with Gasteiger partial charge >= 0.3 is 0 Å². The van der Waals surface area contributed by atoms with E-state index in [1.54, 1.807) is 10.7 Å². The Morgan fingerprint density at radius 2 is 2.40 bits per heavy atom. The van der Waals surface area contributed by atoms with Crippen LogP contribution in [0.5, 0.6) is 0 Å². The van der Waals surface area contributed by atoms with E-state index in [1.807, 2.05) is 13.2 Å². The average Bonchev–Trinajstić information content (AvgIpc) is 2.97. The Balaban J connectivity index is 1.78. The van der Waals surface area contributed by atoms with E-state index in [1.165, 1.54) is 6.26 Å². The molecule has 1 unspecified atom stereocenters. The standard InChI is InChI=1S/C12H16N4O3S/c1-16-7-10-11(13-16)3-2-4-12(10)15-20(17,18)8-9-5-6-19-14-9/h5-7,12,15H,2-4,8H2,1H3. The van der Waals surface area contributed by atoms with Crippen molar-refractivity contribution in [3.63, 3.8) is 0 Å². The predicted molar refractivity (Wildman–Crippen MR) is 71.1 cm³/mol. The van der Waals surface area contributed by atoms with Crippen molar-refractivity contribution < 1.29 is 12.9 Å². The van der Waals surface area contributed by atoms with E-state index in [9.17, 15) is 8.42 Å². The number of nitrogens with one attached hydrogen (secondary N) is 1. The summed E-state index contributed by atoms with van der Waals surface area (Å²) in [6.07, 6.45) is 5.87. The van der Waals surface area contributed by atoms with Gasteiger partial charge in [0, 0.05) is 24.9 Å². The molecule has 0 fully saturated rings. The van der Waals surface area contributed by atoms with Gasteiger partial charge in [0.05, 0.1) is 17.4 Å². The number of nitrogens with zero attached hydrogens (tertiary/aromatic N) is 3. The van der Waals surface area contributed by atoms with Gasteiger partial charge in [0.1, 0.15) is 12.0 Å². The molecule has 1 N–H and O–H groups in total. The lowest BCUT2D eigenvalue weighted by atomic mass is 9.94. The summed E-state index contributed by atoms with van der Waals surface area (Å²) in [4.78, 5) is 0. The smallest absolute Gasteiger partial charge is 0.218 e. The Bertz CT molecular complexity index is 690. The van der Waals surface area contributed by atoms with Crippen molar-refractivity contribution in [2.24, 2.45) is 7.05 Å². The van der Waals surface area contributed by atoms with Crippen LogP contribution in [0.2, 0.25) is 0 Å². The van der Waals surface area contributed by atoms with Gasteiger partial charge in [0.25, 0.3) is 0 Å². The first-order chi connectivity index (χ1) is 9.53. The molecular weight excluding hydrogens is 280 g/mol. The summed E-state index contributed by atoms with van der Waals surface area (Å²) in [7, 11) is -1.60. The van der Waals surface area contributed by atoms with Crippen molar-refractivity contribution in [3.05, 3.63) is 35.5 Å². The fourth-order valence-corrected chi connectivity index (χ4v) is 3.85. The Morgan fingerprint density at radius 1 is 1.55 bits per heavy atom. The van der Waals surface area contributed by atoms with Gasteiger partial charge in [-0.1, -0.05) is 5.16 Å². The lowest BCUT2D eigenvalue weighted by Gasteiger charge is -2.22. The Labute approximate surface area is 117 Å². The molecule has 0 amide bonds. The van der Waals surface area contributed by atoms with E-state index in [-0.39, 0.29) is 11.8 Å². The molecule has 1 atom stereocenters. The van der Waals surface area contributed by atoms with Gasteiger partial charge in [-0.25, -0.2) is 13.1 Å². The van der Waals surface area contributed by atoms with Crippen LogP contribution in [0.4, 0.5) is 0 Å². The molecule has 0 saturated heterocycles. The molecule has 20 heavy (non-hydrogen) atoms. The van der Waals surface area contributed by atoms with E-state index < -0.39 is 10.0 Å². The van der Waals surface area contributed by atoms with Gasteiger partial charge in [-0.15, -0.1) is 0 Å². The minimum absolute atomic E-state index is 0.171.